The molecule has 1 aliphatic heterocycles. The van der Waals surface area contributed by atoms with Crippen LogP contribution in [0.2, 0.25) is 0 Å². The van der Waals surface area contributed by atoms with Crippen LogP contribution in [0.3, 0.4) is 0 Å². The van der Waals surface area contributed by atoms with E-state index in [1.54, 1.807) is 14.2 Å². The standard InChI is InChI=1S/C23H26N2O3/c1-14-22(18-7-5-6-8-19(18)24-14)23(26)15(2)25-10-9-16-11-20(27-3)21(28-4)12-17(16)13-25/h5-8,11-12,15,24H,9-10,13H2,1-4H3/t15-/m0/s1. The molecule has 2 heterocycles. The Balaban J connectivity index is 1.62. The van der Waals surface area contributed by atoms with Crippen molar-refractivity contribution >= 4 is 16.7 Å². The van der Waals surface area contributed by atoms with Gasteiger partial charge >= 0.3 is 0 Å². The predicted molar refractivity (Wildman–Crippen MR) is 110 cm³/mol. The number of rotatable bonds is 5. The first-order valence-electron chi connectivity index (χ1n) is 9.62. The number of methoxy groups -OCH3 is 2. The lowest BCUT2D eigenvalue weighted by atomic mass is 9.95. The van der Waals surface area contributed by atoms with Gasteiger partial charge in [-0.05, 0) is 49.6 Å². The molecule has 1 aromatic heterocycles. The molecular formula is C23H26N2O3. The highest BCUT2D eigenvalue weighted by atomic mass is 16.5. The summed E-state index contributed by atoms with van der Waals surface area (Å²) in [6.45, 7) is 5.55. The number of ether oxygens (including phenoxy) is 2. The van der Waals surface area contributed by atoms with E-state index >= 15 is 0 Å². The largest absolute Gasteiger partial charge is 0.493 e. The number of aromatic amines is 1. The van der Waals surface area contributed by atoms with Gasteiger partial charge in [0.05, 0.1) is 20.3 Å². The Kier molecular flexibility index (Phi) is 4.85. The first-order chi connectivity index (χ1) is 13.5. The van der Waals surface area contributed by atoms with Crippen molar-refractivity contribution in [2.45, 2.75) is 32.9 Å². The minimum atomic E-state index is -0.195. The van der Waals surface area contributed by atoms with Crippen LogP contribution >= 0.6 is 0 Å². The number of nitrogens with one attached hydrogen (secondary N) is 1. The van der Waals surface area contributed by atoms with Crippen molar-refractivity contribution in [2.24, 2.45) is 0 Å². The van der Waals surface area contributed by atoms with Gasteiger partial charge in [-0.25, -0.2) is 0 Å². The highest BCUT2D eigenvalue weighted by Gasteiger charge is 2.29. The average molecular weight is 378 g/mol. The Morgan fingerprint density at radius 3 is 2.50 bits per heavy atom. The lowest BCUT2D eigenvalue weighted by molar-refractivity contribution is 0.0820. The number of para-hydroxylation sites is 1. The molecule has 1 atom stereocenters. The summed E-state index contributed by atoms with van der Waals surface area (Å²) in [5.74, 6) is 1.65. The van der Waals surface area contributed by atoms with E-state index < -0.39 is 0 Å². The number of aromatic nitrogens is 1. The van der Waals surface area contributed by atoms with Gasteiger partial charge in [0.1, 0.15) is 0 Å². The van der Waals surface area contributed by atoms with E-state index in [9.17, 15) is 4.79 Å². The number of H-pyrrole nitrogens is 1. The van der Waals surface area contributed by atoms with Gasteiger partial charge in [-0.3, -0.25) is 9.69 Å². The van der Waals surface area contributed by atoms with Gasteiger partial charge < -0.3 is 14.5 Å². The third kappa shape index (κ3) is 3.06. The summed E-state index contributed by atoms with van der Waals surface area (Å²) in [6.07, 6.45) is 0.889. The summed E-state index contributed by atoms with van der Waals surface area (Å²) in [6, 6.07) is 11.9. The summed E-state index contributed by atoms with van der Waals surface area (Å²) in [5, 5.41) is 1.00. The SMILES string of the molecule is COc1cc2c(cc1OC)CN([C@@H](C)C(=O)c1c(C)[nH]c3ccccc13)CC2. The molecule has 1 N–H and O–H groups in total. The molecule has 0 spiro atoms. The molecule has 28 heavy (non-hydrogen) atoms. The molecule has 3 aromatic rings. The van der Waals surface area contributed by atoms with Crippen LogP contribution in [0.15, 0.2) is 36.4 Å². The number of nitrogens with zero attached hydrogens (tertiary/aromatic N) is 1. The van der Waals surface area contributed by atoms with E-state index in [0.717, 1.165) is 53.2 Å². The van der Waals surface area contributed by atoms with Gasteiger partial charge in [-0.2, -0.15) is 0 Å². The Morgan fingerprint density at radius 1 is 1.11 bits per heavy atom. The van der Waals surface area contributed by atoms with Crippen LogP contribution in [-0.4, -0.2) is 42.5 Å². The summed E-state index contributed by atoms with van der Waals surface area (Å²) >= 11 is 0. The first kappa shape index (κ1) is 18.6. The Labute approximate surface area is 165 Å². The normalized spacial score (nSPS) is 15.3. The van der Waals surface area contributed by atoms with Crippen LogP contribution in [0.4, 0.5) is 0 Å². The molecule has 0 fully saturated rings. The molecule has 1 aliphatic rings. The molecule has 5 heteroatoms. The minimum Gasteiger partial charge on any atom is -0.493 e. The third-order valence-corrected chi connectivity index (χ3v) is 5.81. The van der Waals surface area contributed by atoms with Crippen LogP contribution in [0.5, 0.6) is 11.5 Å². The summed E-state index contributed by atoms with van der Waals surface area (Å²) < 4.78 is 10.9. The molecule has 0 amide bonds. The zero-order valence-corrected chi connectivity index (χ0v) is 16.8. The van der Waals surface area contributed by atoms with Gasteiger partial charge in [0.15, 0.2) is 17.3 Å². The number of carbonyl (C=O) groups excluding carboxylic acids is 1. The second-order valence-corrected chi connectivity index (χ2v) is 7.41. The average Bonchev–Trinajstić information content (AvgIpc) is 3.06. The zero-order chi connectivity index (χ0) is 19.8. The minimum absolute atomic E-state index is 0.166. The van der Waals surface area contributed by atoms with Crippen molar-refractivity contribution in [2.75, 3.05) is 20.8 Å². The Hall–Kier alpha value is -2.79. The van der Waals surface area contributed by atoms with E-state index in [4.69, 9.17) is 9.47 Å². The number of hydrogen-bond acceptors (Lipinski definition) is 4. The first-order valence-corrected chi connectivity index (χ1v) is 9.62. The topological polar surface area (TPSA) is 54.6 Å². The van der Waals surface area contributed by atoms with Crippen molar-refractivity contribution in [1.82, 2.24) is 9.88 Å². The van der Waals surface area contributed by atoms with Gasteiger partial charge in [0, 0.05) is 35.2 Å². The lowest BCUT2D eigenvalue weighted by Crippen LogP contribution is -2.42. The maximum Gasteiger partial charge on any atom is 0.182 e. The molecule has 4 rings (SSSR count). The third-order valence-electron chi connectivity index (χ3n) is 5.81. The van der Waals surface area contributed by atoms with E-state index in [2.05, 4.69) is 16.0 Å². The number of hydrogen-bond donors (Lipinski definition) is 1. The fourth-order valence-electron chi connectivity index (χ4n) is 4.20. The molecule has 5 nitrogen and oxygen atoms in total. The van der Waals surface area contributed by atoms with E-state index in [1.165, 1.54) is 11.1 Å². The molecule has 146 valence electrons. The second-order valence-electron chi connectivity index (χ2n) is 7.41. The summed E-state index contributed by atoms with van der Waals surface area (Å²) in [5.41, 5.74) is 5.20. The summed E-state index contributed by atoms with van der Waals surface area (Å²) in [7, 11) is 3.31. The zero-order valence-electron chi connectivity index (χ0n) is 16.8. The maximum atomic E-state index is 13.4. The molecule has 0 saturated heterocycles. The second kappa shape index (κ2) is 7.32. The quantitative estimate of drug-likeness (QED) is 0.679. The summed E-state index contributed by atoms with van der Waals surface area (Å²) in [4.78, 5) is 19.0. The molecule has 0 saturated carbocycles. The van der Waals surface area contributed by atoms with E-state index in [1.807, 2.05) is 44.2 Å². The lowest BCUT2D eigenvalue weighted by Gasteiger charge is -2.33. The fourth-order valence-corrected chi connectivity index (χ4v) is 4.20. The highest BCUT2D eigenvalue weighted by Crippen LogP contribution is 2.34. The number of ketones is 1. The van der Waals surface area contributed by atoms with Crippen LogP contribution in [-0.2, 0) is 13.0 Å². The number of aryl methyl sites for hydroxylation is 1. The number of carbonyl (C=O) groups is 1. The van der Waals surface area contributed by atoms with Crippen molar-refractivity contribution in [3.8, 4) is 11.5 Å². The Bertz CT molecular complexity index is 1040. The van der Waals surface area contributed by atoms with Gasteiger partial charge in [-0.1, -0.05) is 18.2 Å². The maximum absolute atomic E-state index is 13.4. The molecule has 0 radical (unpaired) electrons. The van der Waals surface area contributed by atoms with Crippen molar-refractivity contribution in [1.29, 1.82) is 0 Å². The number of Topliss-reactive ketones (excluding diaryl/α,β-unsaturated/α-hetero) is 1. The smallest absolute Gasteiger partial charge is 0.182 e. The van der Waals surface area contributed by atoms with Crippen molar-refractivity contribution < 1.29 is 14.3 Å². The highest BCUT2D eigenvalue weighted by molar-refractivity contribution is 6.11. The predicted octanol–water partition coefficient (Wildman–Crippen LogP) is 4.12. The van der Waals surface area contributed by atoms with Crippen molar-refractivity contribution in [3.63, 3.8) is 0 Å². The molecule has 0 aliphatic carbocycles. The monoisotopic (exact) mass is 378 g/mol. The van der Waals surface area contributed by atoms with Crippen molar-refractivity contribution in [3.05, 3.63) is 58.8 Å². The van der Waals surface area contributed by atoms with Crippen LogP contribution in [0.1, 0.15) is 34.1 Å². The molecule has 0 unspecified atom stereocenters. The fraction of sp³-hybridized carbons (Fsp3) is 0.348. The van der Waals surface area contributed by atoms with Crippen LogP contribution in [0.25, 0.3) is 10.9 Å². The van der Waals surface area contributed by atoms with Gasteiger partial charge in [0.2, 0.25) is 0 Å². The van der Waals surface area contributed by atoms with E-state index in [0.29, 0.717) is 0 Å². The molecular weight excluding hydrogens is 352 g/mol. The molecule has 0 bridgehead atoms. The Morgan fingerprint density at radius 2 is 1.79 bits per heavy atom. The van der Waals surface area contributed by atoms with E-state index in [-0.39, 0.29) is 11.8 Å². The van der Waals surface area contributed by atoms with Gasteiger partial charge in [0.25, 0.3) is 0 Å². The van der Waals surface area contributed by atoms with Gasteiger partial charge in [-0.15, -0.1) is 0 Å². The molecule has 2 aromatic carbocycles. The number of fused-ring (bicyclic) bond motifs is 2. The van der Waals surface area contributed by atoms with Crippen LogP contribution < -0.4 is 9.47 Å². The number of benzene rings is 2. The van der Waals surface area contributed by atoms with Crippen LogP contribution in [0, 0.1) is 6.92 Å².